The van der Waals surface area contributed by atoms with Crippen LogP contribution in [-0.4, -0.2) is 55.7 Å². The van der Waals surface area contributed by atoms with Gasteiger partial charge in [-0.2, -0.15) is 0 Å². The SMILES string of the molecule is Cc1cc(=O)oc2cc(NC(=O)OCc3ccc(NC(=O)C(CCCN)NC(=O)[C@@H](NC(=O)OCc4ccccc4)C4CCCNC4)cc3)ccc12. The first-order valence-corrected chi connectivity index (χ1v) is 17.2. The topological polar surface area (TPSA) is 203 Å². The summed E-state index contributed by atoms with van der Waals surface area (Å²) in [7, 11) is 0. The highest BCUT2D eigenvalue weighted by Crippen LogP contribution is 2.21. The number of hydrogen-bond acceptors (Lipinski definition) is 10. The Labute approximate surface area is 300 Å². The number of fused-ring (bicyclic) bond motifs is 1. The van der Waals surface area contributed by atoms with E-state index < -0.39 is 41.7 Å². The summed E-state index contributed by atoms with van der Waals surface area (Å²) in [5.74, 6) is -1.14. The third-order valence-corrected chi connectivity index (χ3v) is 8.69. The van der Waals surface area contributed by atoms with Crippen molar-refractivity contribution in [1.29, 1.82) is 0 Å². The van der Waals surface area contributed by atoms with Gasteiger partial charge >= 0.3 is 17.8 Å². The van der Waals surface area contributed by atoms with Crippen molar-refractivity contribution >= 4 is 46.3 Å². The average molecular weight is 713 g/mol. The monoisotopic (exact) mass is 712 g/mol. The molecular formula is C38H44N6O8. The molecule has 2 heterocycles. The highest BCUT2D eigenvalue weighted by molar-refractivity contribution is 5.98. The van der Waals surface area contributed by atoms with E-state index in [4.69, 9.17) is 19.6 Å². The minimum atomic E-state index is -0.924. The second-order valence-corrected chi connectivity index (χ2v) is 12.6. The molecule has 0 radical (unpaired) electrons. The summed E-state index contributed by atoms with van der Waals surface area (Å²) < 4.78 is 16.0. The Bertz CT molecular complexity index is 1890. The van der Waals surface area contributed by atoms with E-state index in [9.17, 15) is 24.0 Å². The van der Waals surface area contributed by atoms with E-state index in [0.717, 1.165) is 29.5 Å². The number of nitrogens with two attached hydrogens (primary N) is 1. The summed E-state index contributed by atoms with van der Waals surface area (Å²) in [4.78, 5) is 64.1. The molecule has 5 rings (SSSR count). The number of benzene rings is 3. The smallest absolute Gasteiger partial charge is 0.411 e. The summed E-state index contributed by atoms with van der Waals surface area (Å²) in [5, 5.41) is 15.1. The van der Waals surface area contributed by atoms with E-state index >= 15 is 0 Å². The Balaban J connectivity index is 1.15. The van der Waals surface area contributed by atoms with Gasteiger partial charge in [0.15, 0.2) is 0 Å². The van der Waals surface area contributed by atoms with E-state index in [0.29, 0.717) is 48.5 Å². The molecule has 274 valence electrons. The van der Waals surface area contributed by atoms with Crippen molar-refractivity contribution in [3.63, 3.8) is 0 Å². The Morgan fingerprint density at radius 2 is 1.58 bits per heavy atom. The Morgan fingerprint density at radius 3 is 2.29 bits per heavy atom. The quantitative estimate of drug-likeness (QED) is 0.102. The van der Waals surface area contributed by atoms with Crippen LogP contribution in [0.2, 0.25) is 0 Å². The van der Waals surface area contributed by atoms with Gasteiger partial charge in [-0.3, -0.25) is 14.9 Å². The molecule has 1 saturated heterocycles. The fraction of sp³-hybridized carbons (Fsp3) is 0.342. The van der Waals surface area contributed by atoms with Crippen molar-refractivity contribution in [1.82, 2.24) is 16.0 Å². The largest absolute Gasteiger partial charge is 0.445 e. The fourth-order valence-corrected chi connectivity index (χ4v) is 5.92. The molecule has 1 aromatic heterocycles. The predicted octanol–water partition coefficient (Wildman–Crippen LogP) is 4.31. The molecule has 52 heavy (non-hydrogen) atoms. The van der Waals surface area contributed by atoms with Crippen molar-refractivity contribution in [3.8, 4) is 0 Å². The molecule has 0 bridgehead atoms. The minimum Gasteiger partial charge on any atom is -0.445 e. The highest BCUT2D eigenvalue weighted by Gasteiger charge is 2.34. The number of anilines is 2. The van der Waals surface area contributed by atoms with Crippen molar-refractivity contribution in [3.05, 3.63) is 106 Å². The Morgan fingerprint density at radius 1 is 0.865 bits per heavy atom. The van der Waals surface area contributed by atoms with E-state index in [1.807, 2.05) is 30.3 Å². The third-order valence-electron chi connectivity index (χ3n) is 8.69. The van der Waals surface area contributed by atoms with Crippen LogP contribution in [0.15, 0.2) is 88.1 Å². The number of ether oxygens (including phenoxy) is 2. The zero-order valence-electron chi connectivity index (χ0n) is 28.9. The fourth-order valence-electron chi connectivity index (χ4n) is 5.92. The van der Waals surface area contributed by atoms with Crippen molar-refractivity contribution in [2.24, 2.45) is 11.7 Å². The summed E-state index contributed by atoms with van der Waals surface area (Å²) in [5.41, 5.74) is 8.73. The van der Waals surface area contributed by atoms with Crippen LogP contribution in [-0.2, 0) is 32.3 Å². The van der Waals surface area contributed by atoms with Gasteiger partial charge in [0, 0.05) is 41.4 Å². The molecule has 14 heteroatoms. The number of alkyl carbamates (subject to hydrolysis) is 1. The normalized spacial score (nSPS) is 15.2. The summed E-state index contributed by atoms with van der Waals surface area (Å²) in [6.45, 7) is 3.47. The van der Waals surface area contributed by atoms with E-state index in [1.165, 1.54) is 6.07 Å². The molecule has 14 nitrogen and oxygen atoms in total. The van der Waals surface area contributed by atoms with E-state index in [-0.39, 0.29) is 25.6 Å². The molecule has 2 unspecified atom stereocenters. The molecule has 1 fully saturated rings. The van der Waals surface area contributed by atoms with Gasteiger partial charge in [-0.25, -0.2) is 14.4 Å². The molecule has 3 aromatic carbocycles. The molecule has 0 saturated carbocycles. The average Bonchev–Trinajstić information content (AvgIpc) is 3.14. The Kier molecular flexibility index (Phi) is 13.3. The zero-order valence-corrected chi connectivity index (χ0v) is 28.9. The van der Waals surface area contributed by atoms with Gasteiger partial charge in [0.1, 0.15) is 30.9 Å². The van der Waals surface area contributed by atoms with Gasteiger partial charge in [-0.1, -0.05) is 42.5 Å². The number of piperidine rings is 1. The van der Waals surface area contributed by atoms with E-state index in [2.05, 4.69) is 26.6 Å². The van der Waals surface area contributed by atoms with Crippen LogP contribution in [0, 0.1) is 12.8 Å². The highest BCUT2D eigenvalue weighted by atomic mass is 16.6. The molecule has 4 aromatic rings. The molecule has 1 aliphatic heterocycles. The maximum absolute atomic E-state index is 13.7. The third kappa shape index (κ3) is 10.9. The van der Waals surface area contributed by atoms with Gasteiger partial charge in [0.05, 0.1) is 0 Å². The van der Waals surface area contributed by atoms with Crippen LogP contribution in [0.4, 0.5) is 21.0 Å². The van der Waals surface area contributed by atoms with Crippen LogP contribution < -0.4 is 37.9 Å². The van der Waals surface area contributed by atoms with Crippen LogP contribution in [0.5, 0.6) is 0 Å². The lowest BCUT2D eigenvalue weighted by Crippen LogP contribution is -2.57. The summed E-state index contributed by atoms with van der Waals surface area (Å²) >= 11 is 0. The van der Waals surface area contributed by atoms with Gasteiger partial charge in [-0.15, -0.1) is 0 Å². The standard InChI is InChI=1S/C38H44N6O8/c1-24-19-33(45)52-32-20-29(15-16-30(24)32)42-37(48)50-23-26-11-13-28(14-12-26)41-35(46)31(10-5-17-39)43-36(47)34(27-9-6-18-40-21-27)44-38(49)51-22-25-7-3-2-4-8-25/h2-4,7-8,11-16,19-20,27,31,34,40H,5-6,9-10,17-18,21-23,39H2,1H3,(H,41,46)(H,42,48)(H,43,47)(H,44,49)/t27?,31?,34-/m0/s1. The number of carbonyl (C=O) groups is 4. The molecular weight excluding hydrogens is 668 g/mol. The van der Waals surface area contributed by atoms with Crippen molar-refractivity contribution in [2.45, 2.75) is 57.9 Å². The molecule has 0 spiro atoms. The number of rotatable bonds is 14. The molecule has 7 N–H and O–H groups in total. The van der Waals surface area contributed by atoms with Gasteiger partial charge in [0.25, 0.3) is 0 Å². The molecule has 0 aliphatic carbocycles. The number of carbonyl (C=O) groups excluding carboxylic acids is 4. The van der Waals surface area contributed by atoms with Crippen LogP contribution >= 0.6 is 0 Å². The first kappa shape index (κ1) is 37.5. The lowest BCUT2D eigenvalue weighted by molar-refractivity contribution is -0.129. The number of aryl methyl sites for hydroxylation is 1. The molecule has 1 aliphatic rings. The molecule has 4 amide bonds. The first-order valence-electron chi connectivity index (χ1n) is 17.2. The molecule has 3 atom stereocenters. The lowest BCUT2D eigenvalue weighted by Gasteiger charge is -2.31. The first-order chi connectivity index (χ1) is 25.2. The van der Waals surface area contributed by atoms with Gasteiger partial charge in [0.2, 0.25) is 11.8 Å². The maximum atomic E-state index is 13.7. The Hall–Kier alpha value is -5.73. The minimum absolute atomic E-state index is 0.0464. The van der Waals surface area contributed by atoms with Gasteiger partial charge in [-0.05, 0) is 86.7 Å². The lowest BCUT2D eigenvalue weighted by atomic mass is 9.91. The second kappa shape index (κ2) is 18.5. The van der Waals surface area contributed by atoms with Crippen LogP contribution in [0.1, 0.15) is 42.4 Å². The van der Waals surface area contributed by atoms with Crippen LogP contribution in [0.3, 0.4) is 0 Å². The predicted molar refractivity (Wildman–Crippen MR) is 195 cm³/mol. The summed E-state index contributed by atoms with van der Waals surface area (Å²) in [6, 6.07) is 20.5. The van der Waals surface area contributed by atoms with E-state index in [1.54, 1.807) is 49.4 Å². The second-order valence-electron chi connectivity index (χ2n) is 12.6. The zero-order chi connectivity index (χ0) is 36.9. The number of nitrogens with one attached hydrogen (secondary N) is 5. The number of amides is 4. The summed E-state index contributed by atoms with van der Waals surface area (Å²) in [6.07, 6.45) is 0.884. The van der Waals surface area contributed by atoms with Gasteiger partial charge < -0.3 is 40.9 Å². The maximum Gasteiger partial charge on any atom is 0.411 e. The van der Waals surface area contributed by atoms with Crippen LogP contribution in [0.25, 0.3) is 11.0 Å². The number of hydrogen-bond donors (Lipinski definition) is 6. The van der Waals surface area contributed by atoms with Crippen molar-refractivity contribution < 1.29 is 33.1 Å². The van der Waals surface area contributed by atoms with Crippen molar-refractivity contribution in [2.75, 3.05) is 30.3 Å².